The zero-order valence-electron chi connectivity index (χ0n) is 2.75. The fourth-order valence-electron chi connectivity index (χ4n) is 0.173. The zero-order chi connectivity index (χ0) is 4.57. The van der Waals surface area contributed by atoms with Gasteiger partial charge in [-0.1, -0.05) is 0 Å². The highest BCUT2D eigenvalue weighted by Gasteiger charge is 2.38. The largest absolute Gasteiger partial charge is 0.793 e. The van der Waals surface area contributed by atoms with Gasteiger partial charge >= 0.3 is 13.5 Å². The summed E-state index contributed by atoms with van der Waals surface area (Å²) in [6.07, 6.45) is -0.817. The molecule has 1 aliphatic heterocycles. The van der Waals surface area contributed by atoms with Crippen molar-refractivity contribution in [3.63, 3.8) is 0 Å². The maximum Gasteiger partial charge on any atom is 0.793 e. The van der Waals surface area contributed by atoms with Crippen molar-refractivity contribution in [1.29, 1.82) is 0 Å². The average Bonchev–Trinajstić information content (AvgIpc) is 1.33. The van der Waals surface area contributed by atoms with Gasteiger partial charge in [0.1, 0.15) is 0 Å². The van der Waals surface area contributed by atoms with E-state index in [4.69, 9.17) is 5.02 Å². The number of hydrogen-bond donors (Lipinski definition) is 1. The lowest BCUT2D eigenvalue weighted by atomic mass is 10.2. The van der Waals surface area contributed by atoms with Crippen molar-refractivity contribution >= 4 is 13.5 Å². The Kier molecular flexibility index (Phi) is 0.509. The lowest BCUT2D eigenvalue weighted by molar-refractivity contribution is 0.0555. The van der Waals surface area contributed by atoms with Crippen LogP contribution in [0.4, 0.5) is 4.79 Å². The Labute approximate surface area is 33.8 Å². The second-order valence-electron chi connectivity index (χ2n) is 0.793. The molecule has 32 valence electrons. The van der Waals surface area contributed by atoms with Crippen LogP contribution in [0.25, 0.3) is 0 Å². The first-order valence-corrected chi connectivity index (χ1v) is 1.34. The van der Waals surface area contributed by atoms with Gasteiger partial charge in [-0.05, 0) is 0 Å². The molecule has 0 amide bonds. The Morgan fingerprint density at radius 2 is 2.17 bits per heavy atom. The summed E-state index contributed by atoms with van der Waals surface area (Å²) in [5.74, 6) is 0. The third-order valence-electron chi connectivity index (χ3n) is 0.394. The molecule has 0 saturated carbocycles. The molecular formula is CHBO4. The van der Waals surface area contributed by atoms with E-state index in [1.54, 1.807) is 0 Å². The van der Waals surface area contributed by atoms with Gasteiger partial charge in [-0.3, -0.25) is 0 Å². The van der Waals surface area contributed by atoms with E-state index in [9.17, 15) is 4.79 Å². The van der Waals surface area contributed by atoms with Crippen molar-refractivity contribution in [2.24, 2.45) is 0 Å². The predicted octanol–water partition coefficient (Wildman–Crippen LogP) is -0.870. The summed E-state index contributed by atoms with van der Waals surface area (Å²) in [7, 11) is -1.31. The summed E-state index contributed by atoms with van der Waals surface area (Å²) < 4.78 is 7.67. The van der Waals surface area contributed by atoms with Crippen molar-refractivity contribution in [1.82, 2.24) is 0 Å². The van der Waals surface area contributed by atoms with Crippen LogP contribution >= 0.6 is 0 Å². The quantitative estimate of drug-likeness (QED) is 0.391. The molecule has 5 heteroatoms. The molecule has 6 heavy (non-hydrogen) atoms. The normalized spacial score (nSPS) is 18.2. The molecule has 0 unspecified atom stereocenters. The molecular weight excluding hydrogens is 86.8 g/mol. The van der Waals surface area contributed by atoms with Crippen molar-refractivity contribution < 1.29 is 19.1 Å². The lowest BCUT2D eigenvalue weighted by Crippen LogP contribution is -2.39. The monoisotopic (exact) mass is 88.0 g/mol. The molecule has 0 aliphatic carbocycles. The van der Waals surface area contributed by atoms with Crippen molar-refractivity contribution in [2.75, 3.05) is 0 Å². The Morgan fingerprint density at radius 3 is 2.17 bits per heavy atom. The summed E-state index contributed by atoms with van der Waals surface area (Å²) in [5.41, 5.74) is 0. The highest BCUT2D eigenvalue weighted by Crippen LogP contribution is 2.00. The van der Waals surface area contributed by atoms with E-state index < -0.39 is 13.5 Å². The van der Waals surface area contributed by atoms with Crippen LogP contribution in [0.1, 0.15) is 0 Å². The summed E-state index contributed by atoms with van der Waals surface area (Å²) in [6, 6.07) is 0. The van der Waals surface area contributed by atoms with Crippen molar-refractivity contribution in [3.05, 3.63) is 0 Å². The van der Waals surface area contributed by atoms with E-state index in [0.717, 1.165) is 0 Å². The molecule has 0 aromatic carbocycles. The van der Waals surface area contributed by atoms with Crippen LogP contribution in [0, 0.1) is 0 Å². The zero-order valence-corrected chi connectivity index (χ0v) is 2.75. The summed E-state index contributed by atoms with van der Waals surface area (Å²) in [5, 5.41) is 7.95. The smallest absolute Gasteiger partial charge is 0.442 e. The molecule has 0 atom stereocenters. The van der Waals surface area contributed by atoms with Gasteiger partial charge in [0.25, 0.3) is 0 Å². The van der Waals surface area contributed by atoms with Gasteiger partial charge in [-0.25, -0.2) is 4.79 Å². The Morgan fingerprint density at radius 1 is 1.67 bits per heavy atom. The van der Waals surface area contributed by atoms with E-state index in [0.29, 0.717) is 0 Å². The minimum absolute atomic E-state index is 0.817. The van der Waals surface area contributed by atoms with Gasteiger partial charge in [0, 0.05) is 0 Å². The van der Waals surface area contributed by atoms with Gasteiger partial charge in [0.05, 0.1) is 0 Å². The van der Waals surface area contributed by atoms with Crippen molar-refractivity contribution in [2.45, 2.75) is 0 Å². The van der Waals surface area contributed by atoms with Crippen molar-refractivity contribution in [3.8, 4) is 0 Å². The first-order valence-electron chi connectivity index (χ1n) is 1.34. The van der Waals surface area contributed by atoms with E-state index >= 15 is 0 Å². The van der Waals surface area contributed by atoms with Crippen LogP contribution in [0.2, 0.25) is 0 Å². The minimum atomic E-state index is -1.31. The Bertz CT molecular complexity index is 71.6. The molecule has 0 bridgehead atoms. The summed E-state index contributed by atoms with van der Waals surface area (Å²) >= 11 is 0. The SMILES string of the molecule is O=C1OB(O)O1. The first-order chi connectivity index (χ1) is 2.79. The van der Waals surface area contributed by atoms with Crippen LogP contribution in [0.5, 0.6) is 0 Å². The number of carbonyl (C=O) groups is 1. The van der Waals surface area contributed by atoms with E-state index in [1.807, 2.05) is 0 Å². The van der Waals surface area contributed by atoms with E-state index in [-0.39, 0.29) is 0 Å². The molecule has 0 spiro atoms. The third-order valence-corrected chi connectivity index (χ3v) is 0.394. The maximum absolute atomic E-state index is 9.51. The Hall–Kier alpha value is -0.705. The fourth-order valence-corrected chi connectivity index (χ4v) is 0.173. The molecule has 0 aromatic rings. The predicted molar refractivity (Wildman–Crippen MR) is 15.5 cm³/mol. The molecule has 1 N–H and O–H groups in total. The van der Waals surface area contributed by atoms with Crippen LogP contribution in [0.3, 0.4) is 0 Å². The summed E-state index contributed by atoms with van der Waals surface area (Å²) in [4.78, 5) is 9.51. The second kappa shape index (κ2) is 0.876. The highest BCUT2D eigenvalue weighted by molar-refractivity contribution is 6.45. The third kappa shape index (κ3) is 0.326. The fraction of sp³-hybridized carbons (Fsp3) is 0. The van der Waals surface area contributed by atoms with Gasteiger partial charge < -0.3 is 14.3 Å². The Balaban J connectivity index is 2.28. The molecule has 1 heterocycles. The average molecular weight is 87.8 g/mol. The molecule has 0 aromatic heterocycles. The van der Waals surface area contributed by atoms with Gasteiger partial charge in [0.2, 0.25) is 0 Å². The van der Waals surface area contributed by atoms with E-state index in [2.05, 4.69) is 9.31 Å². The van der Waals surface area contributed by atoms with Gasteiger partial charge in [-0.2, -0.15) is 0 Å². The molecule has 1 saturated heterocycles. The van der Waals surface area contributed by atoms with Gasteiger partial charge in [-0.15, -0.1) is 0 Å². The lowest BCUT2D eigenvalue weighted by Gasteiger charge is -2.14. The van der Waals surface area contributed by atoms with Crippen LogP contribution in [-0.4, -0.2) is 18.5 Å². The highest BCUT2D eigenvalue weighted by atomic mass is 16.9. The molecule has 4 nitrogen and oxygen atoms in total. The molecule has 1 rings (SSSR count). The van der Waals surface area contributed by atoms with Crippen LogP contribution in [-0.2, 0) is 9.31 Å². The summed E-state index contributed by atoms with van der Waals surface area (Å²) in [6.45, 7) is 0. The van der Waals surface area contributed by atoms with Gasteiger partial charge in [0.15, 0.2) is 0 Å². The molecule has 1 aliphatic rings. The standard InChI is InChI=1S/CHBO4/c3-1-5-2(4)6-1/h4H. The van der Waals surface area contributed by atoms with Crippen LogP contribution in [0.15, 0.2) is 0 Å². The van der Waals surface area contributed by atoms with E-state index in [1.165, 1.54) is 0 Å². The topological polar surface area (TPSA) is 55.8 Å². The molecule has 0 radical (unpaired) electrons. The van der Waals surface area contributed by atoms with Crippen LogP contribution < -0.4 is 0 Å². The number of carbonyl (C=O) groups excluding carboxylic acids is 1. The second-order valence-corrected chi connectivity index (χ2v) is 0.793. The number of hydrogen-bond acceptors (Lipinski definition) is 4. The maximum atomic E-state index is 9.51. The first kappa shape index (κ1) is 3.48. The minimum Gasteiger partial charge on any atom is -0.442 e. The molecule has 1 fully saturated rings. The number of rotatable bonds is 0.